The minimum atomic E-state index is -0.701. The zero-order valence-corrected chi connectivity index (χ0v) is 10.5. The van der Waals surface area contributed by atoms with Crippen molar-refractivity contribution in [2.24, 2.45) is 0 Å². The number of nitrogens with one attached hydrogen (secondary N) is 1. The van der Waals surface area contributed by atoms with Gasteiger partial charge in [-0.2, -0.15) is 0 Å². The van der Waals surface area contributed by atoms with Crippen LogP contribution >= 0.6 is 0 Å². The summed E-state index contributed by atoms with van der Waals surface area (Å²) >= 11 is 0. The molecule has 0 saturated heterocycles. The van der Waals surface area contributed by atoms with E-state index in [4.69, 9.17) is 4.74 Å². The maximum Gasteiger partial charge on any atom is 0.128 e. The van der Waals surface area contributed by atoms with Crippen LogP contribution in [0.5, 0.6) is 0 Å². The monoisotopic (exact) mass is 259 g/mol. The van der Waals surface area contributed by atoms with Gasteiger partial charge in [-0.05, 0) is 18.6 Å². The lowest BCUT2D eigenvalue weighted by Gasteiger charge is -2.13. The first kappa shape index (κ1) is 14.9. The molecular weight excluding hydrogens is 240 g/mol. The molecule has 1 aromatic carbocycles. The second-order valence-electron chi connectivity index (χ2n) is 4.12. The molecule has 0 heterocycles. The fraction of sp³-hybridized carbons (Fsp3) is 0.538. The Balaban J connectivity index is 2.26. The highest BCUT2D eigenvalue weighted by molar-refractivity contribution is 5.43. The lowest BCUT2D eigenvalue weighted by atomic mass is 10.3. The average Bonchev–Trinajstić information content (AvgIpc) is 2.31. The van der Waals surface area contributed by atoms with Crippen molar-refractivity contribution < 1.29 is 18.6 Å². The van der Waals surface area contributed by atoms with E-state index in [1.807, 2.05) is 0 Å². The Morgan fingerprint density at radius 2 is 1.94 bits per heavy atom. The van der Waals surface area contributed by atoms with Crippen LogP contribution in [0, 0.1) is 11.6 Å². The number of aliphatic hydroxyl groups is 1. The van der Waals surface area contributed by atoms with Crippen LogP contribution in [-0.2, 0) is 4.74 Å². The number of benzene rings is 1. The largest absolute Gasteiger partial charge is 0.389 e. The number of hydrogen-bond donors (Lipinski definition) is 2. The second-order valence-corrected chi connectivity index (χ2v) is 4.12. The van der Waals surface area contributed by atoms with E-state index in [-0.39, 0.29) is 13.2 Å². The van der Waals surface area contributed by atoms with E-state index in [1.165, 1.54) is 12.1 Å². The Hall–Kier alpha value is -1.20. The van der Waals surface area contributed by atoms with Crippen LogP contribution in [0.15, 0.2) is 18.2 Å². The van der Waals surface area contributed by atoms with Gasteiger partial charge in [0, 0.05) is 24.9 Å². The van der Waals surface area contributed by atoms with Crippen LogP contribution < -0.4 is 5.32 Å². The van der Waals surface area contributed by atoms with Crippen LogP contribution in [0.25, 0.3) is 0 Å². The summed E-state index contributed by atoms with van der Waals surface area (Å²) in [6.45, 7) is 3.07. The van der Waals surface area contributed by atoms with Gasteiger partial charge in [0.15, 0.2) is 0 Å². The van der Waals surface area contributed by atoms with E-state index in [9.17, 15) is 13.9 Å². The molecule has 1 aromatic rings. The molecule has 1 rings (SSSR count). The molecule has 102 valence electrons. The molecule has 18 heavy (non-hydrogen) atoms. The van der Waals surface area contributed by atoms with Crippen molar-refractivity contribution in [1.29, 1.82) is 0 Å². The van der Waals surface area contributed by atoms with Gasteiger partial charge < -0.3 is 15.2 Å². The highest BCUT2D eigenvalue weighted by Gasteiger charge is 2.05. The molecule has 5 heteroatoms. The number of aliphatic hydroxyl groups excluding tert-OH is 1. The van der Waals surface area contributed by atoms with Gasteiger partial charge in [-0.15, -0.1) is 0 Å². The molecular formula is C13H19F2NO2. The quantitative estimate of drug-likeness (QED) is 0.705. The van der Waals surface area contributed by atoms with Crippen LogP contribution in [0.3, 0.4) is 0 Å². The van der Waals surface area contributed by atoms with Gasteiger partial charge in [-0.3, -0.25) is 0 Å². The number of anilines is 1. The third-order valence-corrected chi connectivity index (χ3v) is 2.36. The standard InChI is InChI=1S/C13H19F2NO2/c1-2-3-4-18-9-13(17)8-16-12-6-10(14)5-11(15)7-12/h5-7,13,16-17H,2-4,8-9H2,1H3. The number of ether oxygens (including phenoxy) is 1. The maximum atomic E-state index is 12.9. The molecule has 0 fully saturated rings. The first-order valence-corrected chi connectivity index (χ1v) is 6.07. The van der Waals surface area contributed by atoms with E-state index >= 15 is 0 Å². The lowest BCUT2D eigenvalue weighted by Crippen LogP contribution is -2.25. The smallest absolute Gasteiger partial charge is 0.128 e. The highest BCUT2D eigenvalue weighted by Crippen LogP contribution is 2.12. The first-order chi connectivity index (χ1) is 8.61. The van der Waals surface area contributed by atoms with Crippen molar-refractivity contribution in [3.05, 3.63) is 29.8 Å². The average molecular weight is 259 g/mol. The Morgan fingerprint density at radius 1 is 1.28 bits per heavy atom. The summed E-state index contributed by atoms with van der Waals surface area (Å²) < 4.78 is 31.0. The molecule has 0 spiro atoms. The molecule has 1 atom stereocenters. The van der Waals surface area contributed by atoms with E-state index < -0.39 is 17.7 Å². The number of hydrogen-bond acceptors (Lipinski definition) is 3. The van der Waals surface area contributed by atoms with E-state index in [0.29, 0.717) is 12.3 Å². The van der Waals surface area contributed by atoms with Crippen LogP contribution in [0.2, 0.25) is 0 Å². The molecule has 2 N–H and O–H groups in total. The Labute approximate surface area is 106 Å². The third-order valence-electron chi connectivity index (χ3n) is 2.36. The van der Waals surface area contributed by atoms with Gasteiger partial charge in [0.05, 0.1) is 12.7 Å². The summed E-state index contributed by atoms with van der Waals surface area (Å²) in [4.78, 5) is 0. The van der Waals surface area contributed by atoms with Crippen LogP contribution in [-0.4, -0.2) is 31.0 Å². The Bertz CT molecular complexity index is 341. The topological polar surface area (TPSA) is 41.5 Å². The number of unbranched alkanes of at least 4 members (excludes halogenated alkanes) is 1. The van der Waals surface area contributed by atoms with E-state index in [1.54, 1.807) is 0 Å². The third kappa shape index (κ3) is 5.93. The van der Waals surface area contributed by atoms with Crippen molar-refractivity contribution in [3.63, 3.8) is 0 Å². The van der Waals surface area contributed by atoms with Gasteiger partial charge in [0.1, 0.15) is 11.6 Å². The van der Waals surface area contributed by atoms with Gasteiger partial charge in [-0.25, -0.2) is 8.78 Å². The predicted molar refractivity (Wildman–Crippen MR) is 66.6 cm³/mol. The molecule has 0 bridgehead atoms. The second kappa shape index (κ2) is 8.00. The Morgan fingerprint density at radius 3 is 2.56 bits per heavy atom. The fourth-order valence-corrected chi connectivity index (χ4v) is 1.42. The summed E-state index contributed by atoms with van der Waals surface area (Å²) in [6.07, 6.45) is 1.29. The molecule has 0 radical (unpaired) electrons. The summed E-state index contributed by atoms with van der Waals surface area (Å²) in [5.74, 6) is -1.29. The summed E-state index contributed by atoms with van der Waals surface area (Å²) in [6, 6.07) is 3.15. The molecule has 3 nitrogen and oxygen atoms in total. The zero-order chi connectivity index (χ0) is 13.4. The van der Waals surface area contributed by atoms with Crippen molar-refractivity contribution in [2.45, 2.75) is 25.9 Å². The van der Waals surface area contributed by atoms with Gasteiger partial charge >= 0.3 is 0 Å². The van der Waals surface area contributed by atoms with Crippen LogP contribution in [0.1, 0.15) is 19.8 Å². The van der Waals surface area contributed by atoms with Gasteiger partial charge in [-0.1, -0.05) is 13.3 Å². The summed E-state index contributed by atoms with van der Waals surface area (Å²) in [5, 5.41) is 12.3. The minimum Gasteiger partial charge on any atom is -0.389 e. The minimum absolute atomic E-state index is 0.190. The number of rotatable bonds is 8. The van der Waals surface area contributed by atoms with Crippen molar-refractivity contribution >= 4 is 5.69 Å². The lowest BCUT2D eigenvalue weighted by molar-refractivity contribution is 0.0421. The predicted octanol–water partition coefficient (Wildman–Crippen LogP) is 2.55. The van der Waals surface area contributed by atoms with Crippen LogP contribution in [0.4, 0.5) is 14.5 Å². The molecule has 0 aliphatic carbocycles. The van der Waals surface area contributed by atoms with Crippen molar-refractivity contribution in [2.75, 3.05) is 25.1 Å². The first-order valence-electron chi connectivity index (χ1n) is 6.07. The maximum absolute atomic E-state index is 12.9. The number of halogens is 2. The highest BCUT2D eigenvalue weighted by atomic mass is 19.1. The molecule has 0 aliphatic rings. The van der Waals surface area contributed by atoms with Gasteiger partial charge in [0.2, 0.25) is 0 Å². The van der Waals surface area contributed by atoms with Crippen molar-refractivity contribution in [1.82, 2.24) is 0 Å². The fourth-order valence-electron chi connectivity index (χ4n) is 1.42. The molecule has 0 aliphatic heterocycles. The molecule has 0 amide bonds. The molecule has 1 unspecified atom stereocenters. The SMILES string of the molecule is CCCCOCC(O)CNc1cc(F)cc(F)c1. The zero-order valence-electron chi connectivity index (χ0n) is 10.5. The summed E-state index contributed by atoms with van der Waals surface area (Å²) in [7, 11) is 0. The normalized spacial score (nSPS) is 12.4. The van der Waals surface area contributed by atoms with E-state index in [2.05, 4.69) is 12.2 Å². The van der Waals surface area contributed by atoms with Crippen molar-refractivity contribution in [3.8, 4) is 0 Å². The van der Waals surface area contributed by atoms with E-state index in [0.717, 1.165) is 18.9 Å². The van der Waals surface area contributed by atoms with Gasteiger partial charge in [0.25, 0.3) is 0 Å². The Kier molecular flexibility index (Phi) is 6.60. The summed E-state index contributed by atoms with van der Waals surface area (Å²) in [5.41, 5.74) is 0.306. The molecule has 0 saturated carbocycles. The molecule has 0 aromatic heterocycles.